The number of benzene rings is 1. The molecule has 2 saturated heterocycles. The van der Waals surface area contributed by atoms with Crippen molar-refractivity contribution in [3.8, 4) is 0 Å². The van der Waals surface area contributed by atoms with E-state index in [1.807, 2.05) is 0 Å². The van der Waals surface area contributed by atoms with E-state index in [9.17, 15) is 17.6 Å². The van der Waals surface area contributed by atoms with Crippen LogP contribution in [0.4, 0.5) is 4.39 Å². The summed E-state index contributed by atoms with van der Waals surface area (Å²) in [6, 6.07) is 5.91. The maximum Gasteiger partial charge on any atom is 0.226 e. The normalized spacial score (nSPS) is 23.6. The number of hydrogen-bond donors (Lipinski definition) is 0. The number of rotatable bonds is 3. The van der Waals surface area contributed by atoms with Crippen molar-refractivity contribution in [3.63, 3.8) is 0 Å². The second-order valence-electron chi connectivity index (χ2n) is 6.61. The highest BCUT2D eigenvalue weighted by atomic mass is 32.2. The van der Waals surface area contributed by atoms with Crippen LogP contribution in [0.15, 0.2) is 24.3 Å². The summed E-state index contributed by atoms with van der Waals surface area (Å²) in [6.45, 7) is 2.11. The van der Waals surface area contributed by atoms with Gasteiger partial charge in [0.05, 0.1) is 25.5 Å². The van der Waals surface area contributed by atoms with E-state index in [1.54, 1.807) is 17.0 Å². The second-order valence-corrected chi connectivity index (χ2v) is 8.59. The van der Waals surface area contributed by atoms with Gasteiger partial charge in [-0.05, 0) is 30.5 Å². The van der Waals surface area contributed by atoms with Crippen LogP contribution in [-0.4, -0.2) is 62.6 Å². The van der Waals surface area contributed by atoms with Crippen LogP contribution in [0, 0.1) is 11.7 Å². The number of carbonyl (C=O) groups is 1. The van der Waals surface area contributed by atoms with Gasteiger partial charge in [-0.15, -0.1) is 0 Å². The van der Waals surface area contributed by atoms with Gasteiger partial charge in [-0.25, -0.2) is 17.1 Å². The van der Waals surface area contributed by atoms with E-state index in [4.69, 9.17) is 4.74 Å². The van der Waals surface area contributed by atoms with Gasteiger partial charge in [0.25, 0.3) is 0 Å². The number of sulfonamides is 1. The smallest absolute Gasteiger partial charge is 0.226 e. The monoisotopic (exact) mass is 370 g/mol. The Morgan fingerprint density at radius 1 is 1.16 bits per heavy atom. The quantitative estimate of drug-likeness (QED) is 0.807. The molecule has 2 heterocycles. The van der Waals surface area contributed by atoms with Gasteiger partial charge in [-0.1, -0.05) is 12.1 Å². The zero-order valence-corrected chi connectivity index (χ0v) is 15.0. The molecule has 0 aliphatic carbocycles. The van der Waals surface area contributed by atoms with Crippen molar-refractivity contribution in [3.05, 3.63) is 35.6 Å². The van der Waals surface area contributed by atoms with Crippen LogP contribution >= 0.6 is 0 Å². The van der Waals surface area contributed by atoms with Crippen LogP contribution in [0.25, 0.3) is 0 Å². The number of ether oxygens (including phenoxy) is 1. The molecule has 0 radical (unpaired) electrons. The molecule has 1 aromatic rings. The van der Waals surface area contributed by atoms with Crippen LogP contribution in [-0.2, 0) is 19.6 Å². The average Bonchev–Trinajstić information content (AvgIpc) is 2.61. The maximum atomic E-state index is 13.2. The van der Waals surface area contributed by atoms with Crippen LogP contribution in [0.3, 0.4) is 0 Å². The summed E-state index contributed by atoms with van der Waals surface area (Å²) in [5.41, 5.74) is 0.850. The van der Waals surface area contributed by atoms with E-state index in [1.165, 1.54) is 22.7 Å². The fourth-order valence-electron chi connectivity index (χ4n) is 3.50. The van der Waals surface area contributed by atoms with Crippen molar-refractivity contribution in [2.75, 3.05) is 39.1 Å². The highest BCUT2D eigenvalue weighted by Crippen LogP contribution is 2.29. The fourth-order valence-corrected chi connectivity index (χ4v) is 4.37. The Morgan fingerprint density at radius 3 is 2.40 bits per heavy atom. The summed E-state index contributed by atoms with van der Waals surface area (Å²) in [4.78, 5) is 14.8. The van der Waals surface area contributed by atoms with Gasteiger partial charge in [0.15, 0.2) is 0 Å². The minimum atomic E-state index is -3.20. The summed E-state index contributed by atoms with van der Waals surface area (Å²) in [5, 5.41) is 0. The Labute approximate surface area is 147 Å². The molecule has 1 atom stereocenters. The Bertz CT molecular complexity index is 715. The lowest BCUT2D eigenvalue weighted by Gasteiger charge is -2.39. The standard InChI is InChI=1S/C17H23FN2O4S/c1-25(22,23)19-8-6-14(7-9-19)17(21)20-10-11-24-12-16(20)13-2-4-15(18)5-3-13/h2-5,14,16H,6-12H2,1H3. The molecule has 2 fully saturated rings. The van der Waals surface area contributed by atoms with Crippen LogP contribution in [0.2, 0.25) is 0 Å². The third-order valence-corrected chi connectivity index (χ3v) is 6.24. The number of nitrogens with zero attached hydrogens (tertiary/aromatic N) is 2. The second kappa shape index (κ2) is 7.39. The Hall–Kier alpha value is -1.51. The van der Waals surface area contributed by atoms with E-state index in [0.717, 1.165) is 5.56 Å². The maximum absolute atomic E-state index is 13.2. The van der Waals surface area contributed by atoms with Crippen LogP contribution in [0.1, 0.15) is 24.4 Å². The lowest BCUT2D eigenvalue weighted by Crippen LogP contribution is -2.48. The zero-order valence-electron chi connectivity index (χ0n) is 14.2. The molecular formula is C17H23FN2O4S. The molecule has 0 N–H and O–H groups in total. The molecule has 8 heteroatoms. The molecule has 138 valence electrons. The summed E-state index contributed by atoms with van der Waals surface area (Å²) in [6.07, 6.45) is 2.25. The van der Waals surface area contributed by atoms with Gasteiger partial charge in [0.1, 0.15) is 5.82 Å². The highest BCUT2D eigenvalue weighted by molar-refractivity contribution is 7.88. The minimum Gasteiger partial charge on any atom is -0.377 e. The Balaban J connectivity index is 1.70. The summed E-state index contributed by atoms with van der Waals surface area (Å²) in [7, 11) is -3.20. The van der Waals surface area contributed by atoms with Crippen molar-refractivity contribution in [1.82, 2.24) is 9.21 Å². The molecule has 3 rings (SSSR count). The van der Waals surface area contributed by atoms with Gasteiger partial charge in [-0.3, -0.25) is 4.79 Å². The van der Waals surface area contributed by atoms with Gasteiger partial charge >= 0.3 is 0 Å². The van der Waals surface area contributed by atoms with Crippen molar-refractivity contribution >= 4 is 15.9 Å². The van der Waals surface area contributed by atoms with E-state index >= 15 is 0 Å². The van der Waals surface area contributed by atoms with Crippen LogP contribution < -0.4 is 0 Å². The van der Waals surface area contributed by atoms with Crippen molar-refractivity contribution in [1.29, 1.82) is 0 Å². The number of amides is 1. The minimum absolute atomic E-state index is 0.0331. The molecule has 0 spiro atoms. The molecule has 0 bridgehead atoms. The molecule has 2 aliphatic rings. The first-order valence-electron chi connectivity index (χ1n) is 8.45. The zero-order chi connectivity index (χ0) is 18.0. The molecule has 1 aromatic carbocycles. The summed E-state index contributed by atoms with van der Waals surface area (Å²) in [5.74, 6) is -0.462. The van der Waals surface area contributed by atoms with Gasteiger partial charge in [-0.2, -0.15) is 0 Å². The first-order valence-corrected chi connectivity index (χ1v) is 10.3. The summed E-state index contributed by atoms with van der Waals surface area (Å²) < 4.78 is 43.3. The molecular weight excluding hydrogens is 347 g/mol. The van der Waals surface area contributed by atoms with E-state index in [2.05, 4.69) is 0 Å². The molecule has 2 aliphatic heterocycles. The number of halogens is 1. The van der Waals surface area contributed by atoms with E-state index in [-0.39, 0.29) is 23.7 Å². The number of carbonyl (C=O) groups excluding carboxylic acids is 1. The molecule has 1 amide bonds. The largest absolute Gasteiger partial charge is 0.377 e. The predicted molar refractivity (Wildman–Crippen MR) is 90.8 cm³/mol. The van der Waals surface area contributed by atoms with Crippen molar-refractivity contribution in [2.24, 2.45) is 5.92 Å². The third-order valence-electron chi connectivity index (χ3n) is 4.94. The first-order chi connectivity index (χ1) is 11.9. The number of hydrogen-bond acceptors (Lipinski definition) is 4. The lowest BCUT2D eigenvalue weighted by molar-refractivity contribution is -0.145. The first kappa shape index (κ1) is 18.3. The Morgan fingerprint density at radius 2 is 1.80 bits per heavy atom. The van der Waals surface area contributed by atoms with Crippen LogP contribution in [0.5, 0.6) is 0 Å². The molecule has 0 aromatic heterocycles. The molecule has 6 nitrogen and oxygen atoms in total. The fraction of sp³-hybridized carbons (Fsp3) is 0.588. The SMILES string of the molecule is CS(=O)(=O)N1CCC(C(=O)N2CCOCC2c2ccc(F)cc2)CC1. The van der Waals surface area contributed by atoms with Gasteiger partial charge < -0.3 is 9.64 Å². The lowest BCUT2D eigenvalue weighted by atomic mass is 9.94. The molecule has 25 heavy (non-hydrogen) atoms. The van der Waals surface area contributed by atoms with E-state index in [0.29, 0.717) is 45.7 Å². The highest BCUT2D eigenvalue weighted by Gasteiger charge is 2.35. The summed E-state index contributed by atoms with van der Waals surface area (Å²) >= 11 is 0. The number of morpholine rings is 1. The van der Waals surface area contributed by atoms with Gasteiger partial charge in [0, 0.05) is 25.6 Å². The number of piperidine rings is 1. The van der Waals surface area contributed by atoms with Crippen molar-refractivity contribution in [2.45, 2.75) is 18.9 Å². The topological polar surface area (TPSA) is 66.9 Å². The average molecular weight is 370 g/mol. The van der Waals surface area contributed by atoms with E-state index < -0.39 is 10.0 Å². The van der Waals surface area contributed by atoms with Crippen molar-refractivity contribution < 1.29 is 22.3 Å². The molecule has 1 unspecified atom stereocenters. The Kier molecular flexibility index (Phi) is 5.41. The molecule has 0 saturated carbocycles. The van der Waals surface area contributed by atoms with Gasteiger partial charge in [0.2, 0.25) is 15.9 Å². The predicted octanol–water partition coefficient (Wildman–Crippen LogP) is 1.40. The third kappa shape index (κ3) is 4.19.